The lowest BCUT2D eigenvalue weighted by Gasteiger charge is -2.24. The molecule has 18 heavy (non-hydrogen) atoms. The summed E-state index contributed by atoms with van der Waals surface area (Å²) < 4.78 is 5.65. The van der Waals surface area contributed by atoms with Crippen LogP contribution in [-0.2, 0) is 0 Å². The normalized spacial score (nSPS) is 10.7. The van der Waals surface area contributed by atoms with Gasteiger partial charge in [-0.3, -0.25) is 0 Å². The van der Waals surface area contributed by atoms with Crippen LogP contribution in [0.15, 0.2) is 24.3 Å². The lowest BCUT2D eigenvalue weighted by atomic mass is 10.2. The van der Waals surface area contributed by atoms with Crippen LogP contribution in [0.25, 0.3) is 0 Å². The number of nitriles is 1. The highest BCUT2D eigenvalue weighted by Gasteiger charge is 2.06. The molecule has 3 heteroatoms. The number of para-hydroxylation sites is 1. The van der Waals surface area contributed by atoms with E-state index in [0.717, 1.165) is 19.5 Å². The van der Waals surface area contributed by atoms with Gasteiger partial charge in [-0.25, -0.2) is 0 Å². The fourth-order valence-electron chi connectivity index (χ4n) is 1.92. The minimum atomic E-state index is 0.571. The van der Waals surface area contributed by atoms with Gasteiger partial charge in [-0.05, 0) is 38.9 Å². The molecule has 0 aromatic heterocycles. The SMILES string of the molecule is CCN(CCCOc1ccccc1C#N)C(C)C. The lowest BCUT2D eigenvalue weighted by molar-refractivity contribution is 0.206. The van der Waals surface area contributed by atoms with Crippen LogP contribution in [-0.4, -0.2) is 30.6 Å². The Kier molecular flexibility index (Phi) is 6.24. The zero-order valence-electron chi connectivity index (χ0n) is 11.5. The van der Waals surface area contributed by atoms with Gasteiger partial charge in [0.25, 0.3) is 0 Å². The van der Waals surface area contributed by atoms with E-state index in [1.807, 2.05) is 18.2 Å². The third kappa shape index (κ3) is 4.38. The maximum atomic E-state index is 8.94. The van der Waals surface area contributed by atoms with E-state index in [1.54, 1.807) is 6.07 Å². The largest absolute Gasteiger partial charge is 0.492 e. The molecule has 1 rings (SSSR count). The smallest absolute Gasteiger partial charge is 0.137 e. The highest BCUT2D eigenvalue weighted by atomic mass is 16.5. The van der Waals surface area contributed by atoms with E-state index in [0.29, 0.717) is 24.0 Å². The van der Waals surface area contributed by atoms with Crippen LogP contribution in [0, 0.1) is 11.3 Å². The van der Waals surface area contributed by atoms with Crippen LogP contribution in [0.2, 0.25) is 0 Å². The van der Waals surface area contributed by atoms with E-state index in [2.05, 4.69) is 31.7 Å². The van der Waals surface area contributed by atoms with E-state index < -0.39 is 0 Å². The van der Waals surface area contributed by atoms with Crippen LogP contribution in [0.4, 0.5) is 0 Å². The Balaban J connectivity index is 2.36. The first-order valence-electron chi connectivity index (χ1n) is 6.55. The molecule has 0 aliphatic rings. The molecule has 0 heterocycles. The Bertz CT molecular complexity index is 396. The summed E-state index contributed by atoms with van der Waals surface area (Å²) in [4.78, 5) is 2.40. The molecule has 0 aliphatic carbocycles. The molecular formula is C15H22N2O. The molecule has 0 spiro atoms. The van der Waals surface area contributed by atoms with Gasteiger partial charge in [0.05, 0.1) is 12.2 Å². The number of hydrogen-bond acceptors (Lipinski definition) is 3. The molecule has 0 radical (unpaired) electrons. The zero-order valence-corrected chi connectivity index (χ0v) is 11.5. The van der Waals surface area contributed by atoms with Crippen molar-refractivity contribution in [2.24, 2.45) is 0 Å². The molecule has 3 nitrogen and oxygen atoms in total. The predicted octanol–water partition coefficient (Wildman–Crippen LogP) is 3.06. The van der Waals surface area contributed by atoms with Gasteiger partial charge in [0.2, 0.25) is 0 Å². The van der Waals surface area contributed by atoms with Crippen molar-refractivity contribution >= 4 is 0 Å². The first kappa shape index (κ1) is 14.5. The van der Waals surface area contributed by atoms with Crippen molar-refractivity contribution in [3.8, 4) is 11.8 Å². The molecule has 0 bridgehead atoms. The highest BCUT2D eigenvalue weighted by Crippen LogP contribution is 2.16. The topological polar surface area (TPSA) is 36.3 Å². The third-order valence-corrected chi connectivity index (χ3v) is 2.99. The second-order valence-electron chi connectivity index (χ2n) is 4.53. The molecule has 0 saturated carbocycles. The Morgan fingerprint density at radius 3 is 2.67 bits per heavy atom. The molecule has 0 fully saturated rings. The summed E-state index contributed by atoms with van der Waals surface area (Å²) in [6, 6.07) is 10.1. The van der Waals surface area contributed by atoms with Crippen molar-refractivity contribution in [1.82, 2.24) is 4.90 Å². The molecule has 0 N–H and O–H groups in total. The van der Waals surface area contributed by atoms with Crippen LogP contribution < -0.4 is 4.74 Å². The van der Waals surface area contributed by atoms with Crippen LogP contribution >= 0.6 is 0 Å². The maximum Gasteiger partial charge on any atom is 0.137 e. The van der Waals surface area contributed by atoms with Crippen molar-refractivity contribution in [1.29, 1.82) is 5.26 Å². The van der Waals surface area contributed by atoms with E-state index in [9.17, 15) is 0 Å². The fraction of sp³-hybridized carbons (Fsp3) is 0.533. The molecule has 1 aromatic carbocycles. The molecule has 0 amide bonds. The van der Waals surface area contributed by atoms with Crippen molar-refractivity contribution in [2.45, 2.75) is 33.2 Å². The van der Waals surface area contributed by atoms with Crippen LogP contribution in [0.5, 0.6) is 5.75 Å². The minimum Gasteiger partial charge on any atom is -0.492 e. The zero-order chi connectivity index (χ0) is 13.4. The standard InChI is InChI=1S/C15H22N2O/c1-4-17(13(2)3)10-7-11-18-15-9-6-5-8-14(15)12-16/h5-6,8-9,13H,4,7,10-11H2,1-3H3. The van der Waals surface area contributed by atoms with Crippen molar-refractivity contribution in [3.05, 3.63) is 29.8 Å². The quantitative estimate of drug-likeness (QED) is 0.694. The number of hydrogen-bond donors (Lipinski definition) is 0. The van der Waals surface area contributed by atoms with Gasteiger partial charge < -0.3 is 9.64 Å². The molecule has 98 valence electrons. The third-order valence-electron chi connectivity index (χ3n) is 2.99. The van der Waals surface area contributed by atoms with Crippen LogP contribution in [0.1, 0.15) is 32.8 Å². The molecule has 1 aromatic rings. The number of nitrogens with zero attached hydrogens (tertiary/aromatic N) is 2. The first-order valence-corrected chi connectivity index (χ1v) is 6.55. The summed E-state index contributed by atoms with van der Waals surface area (Å²) >= 11 is 0. The summed E-state index contributed by atoms with van der Waals surface area (Å²) in [5.74, 6) is 0.688. The average Bonchev–Trinajstić information content (AvgIpc) is 2.38. The molecule has 0 unspecified atom stereocenters. The van der Waals surface area contributed by atoms with E-state index in [-0.39, 0.29) is 0 Å². The highest BCUT2D eigenvalue weighted by molar-refractivity contribution is 5.42. The van der Waals surface area contributed by atoms with Gasteiger partial charge in [-0.15, -0.1) is 0 Å². The Morgan fingerprint density at radius 2 is 2.06 bits per heavy atom. The van der Waals surface area contributed by atoms with Gasteiger partial charge in [0, 0.05) is 12.6 Å². The summed E-state index contributed by atoms with van der Waals surface area (Å²) in [6.45, 7) is 9.33. The Morgan fingerprint density at radius 1 is 1.33 bits per heavy atom. The monoisotopic (exact) mass is 246 g/mol. The van der Waals surface area contributed by atoms with E-state index in [4.69, 9.17) is 10.00 Å². The summed E-state index contributed by atoms with van der Waals surface area (Å²) in [6.07, 6.45) is 0.978. The van der Waals surface area contributed by atoms with Gasteiger partial charge in [-0.1, -0.05) is 19.1 Å². The number of benzene rings is 1. The van der Waals surface area contributed by atoms with Gasteiger partial charge >= 0.3 is 0 Å². The molecule has 0 saturated heterocycles. The van der Waals surface area contributed by atoms with Gasteiger partial charge in [0.1, 0.15) is 11.8 Å². The van der Waals surface area contributed by atoms with Crippen molar-refractivity contribution in [2.75, 3.05) is 19.7 Å². The summed E-state index contributed by atoms with van der Waals surface area (Å²) in [7, 11) is 0. The average molecular weight is 246 g/mol. The lowest BCUT2D eigenvalue weighted by Crippen LogP contribution is -2.32. The van der Waals surface area contributed by atoms with Gasteiger partial charge in [-0.2, -0.15) is 5.26 Å². The number of rotatable bonds is 7. The second-order valence-corrected chi connectivity index (χ2v) is 4.53. The fourth-order valence-corrected chi connectivity index (χ4v) is 1.92. The van der Waals surface area contributed by atoms with Gasteiger partial charge in [0.15, 0.2) is 0 Å². The van der Waals surface area contributed by atoms with E-state index in [1.165, 1.54) is 0 Å². The minimum absolute atomic E-state index is 0.571. The Labute approximate surface area is 110 Å². The van der Waals surface area contributed by atoms with Crippen molar-refractivity contribution < 1.29 is 4.74 Å². The summed E-state index contributed by atoms with van der Waals surface area (Å²) in [5, 5.41) is 8.94. The number of ether oxygens (including phenoxy) is 1. The Hall–Kier alpha value is -1.53. The molecule has 0 atom stereocenters. The molecule has 0 aliphatic heterocycles. The predicted molar refractivity (Wildman–Crippen MR) is 73.7 cm³/mol. The maximum absolute atomic E-state index is 8.94. The first-order chi connectivity index (χ1) is 8.69. The van der Waals surface area contributed by atoms with Crippen molar-refractivity contribution in [3.63, 3.8) is 0 Å². The van der Waals surface area contributed by atoms with Crippen LogP contribution in [0.3, 0.4) is 0 Å². The van der Waals surface area contributed by atoms with E-state index >= 15 is 0 Å². The summed E-state index contributed by atoms with van der Waals surface area (Å²) in [5.41, 5.74) is 0.605. The second kappa shape index (κ2) is 7.73. The molecular weight excluding hydrogens is 224 g/mol.